The van der Waals surface area contributed by atoms with E-state index >= 15 is 0 Å². The molecule has 1 amide bonds. The zero-order valence-corrected chi connectivity index (χ0v) is 23.1. The number of nitrogens with zero attached hydrogens (tertiary/aromatic N) is 3. The van der Waals surface area contributed by atoms with Gasteiger partial charge in [0.2, 0.25) is 5.91 Å². The van der Waals surface area contributed by atoms with E-state index < -0.39 is 0 Å². The molecule has 1 heterocycles. The molecule has 4 rings (SSSR count). The fraction of sp³-hybridized carbons (Fsp3) is 0.250. The number of thioether (sulfide) groups is 1. The first-order chi connectivity index (χ1) is 17.3. The molecular formula is C28H28Cl2N4OS. The third-order valence-corrected chi connectivity index (χ3v) is 7.47. The lowest BCUT2D eigenvalue weighted by molar-refractivity contribution is -0.113. The van der Waals surface area contributed by atoms with Crippen molar-refractivity contribution in [2.24, 2.45) is 0 Å². The minimum absolute atomic E-state index is 0.103. The Labute approximate surface area is 226 Å². The molecule has 0 radical (unpaired) electrons. The van der Waals surface area contributed by atoms with E-state index in [0.717, 1.165) is 40.9 Å². The van der Waals surface area contributed by atoms with Gasteiger partial charge in [-0.1, -0.05) is 79.1 Å². The van der Waals surface area contributed by atoms with Crippen molar-refractivity contribution in [2.75, 3.05) is 11.1 Å². The second-order valence-electron chi connectivity index (χ2n) is 8.55. The molecule has 3 aromatic carbocycles. The van der Waals surface area contributed by atoms with Gasteiger partial charge in [-0.05, 0) is 73.2 Å². The number of nitrogens with one attached hydrogen (secondary N) is 1. The fourth-order valence-corrected chi connectivity index (χ4v) is 5.33. The maximum Gasteiger partial charge on any atom is 0.234 e. The lowest BCUT2D eigenvalue weighted by Gasteiger charge is -2.18. The van der Waals surface area contributed by atoms with Crippen LogP contribution in [-0.2, 0) is 17.6 Å². The molecule has 0 aliphatic rings. The van der Waals surface area contributed by atoms with Gasteiger partial charge < -0.3 is 5.32 Å². The van der Waals surface area contributed by atoms with Crippen LogP contribution in [0.4, 0.5) is 5.69 Å². The normalized spacial score (nSPS) is 11.1. The first-order valence-corrected chi connectivity index (χ1v) is 13.6. The Kier molecular flexibility index (Phi) is 8.39. The summed E-state index contributed by atoms with van der Waals surface area (Å²) in [5.41, 5.74) is 7.03. The van der Waals surface area contributed by atoms with Crippen LogP contribution in [0.2, 0.25) is 10.0 Å². The summed E-state index contributed by atoms with van der Waals surface area (Å²) >= 11 is 14.1. The molecule has 4 aromatic rings. The molecule has 0 aliphatic carbocycles. The number of halogens is 2. The lowest BCUT2D eigenvalue weighted by Crippen LogP contribution is -2.16. The molecule has 8 heteroatoms. The van der Waals surface area contributed by atoms with Crippen LogP contribution in [0.1, 0.15) is 36.1 Å². The second kappa shape index (κ2) is 11.5. The molecule has 36 heavy (non-hydrogen) atoms. The van der Waals surface area contributed by atoms with Crippen molar-refractivity contribution in [3.05, 3.63) is 86.9 Å². The van der Waals surface area contributed by atoms with E-state index in [1.165, 1.54) is 22.9 Å². The van der Waals surface area contributed by atoms with E-state index in [1.807, 2.05) is 42.7 Å². The highest BCUT2D eigenvalue weighted by molar-refractivity contribution is 7.99. The largest absolute Gasteiger partial charge is 0.325 e. The number of carbonyl (C=O) groups is 1. The van der Waals surface area contributed by atoms with Crippen molar-refractivity contribution < 1.29 is 4.79 Å². The Morgan fingerprint density at radius 2 is 1.69 bits per heavy atom. The smallest absolute Gasteiger partial charge is 0.234 e. The zero-order chi connectivity index (χ0) is 25.8. The van der Waals surface area contributed by atoms with Crippen LogP contribution >= 0.6 is 35.0 Å². The zero-order valence-electron chi connectivity index (χ0n) is 20.7. The number of benzene rings is 3. The van der Waals surface area contributed by atoms with Crippen molar-refractivity contribution >= 4 is 46.6 Å². The summed E-state index contributed by atoms with van der Waals surface area (Å²) in [4.78, 5) is 12.9. The highest BCUT2D eigenvalue weighted by Gasteiger charge is 2.22. The summed E-state index contributed by atoms with van der Waals surface area (Å²) in [5.74, 6) is 0.703. The molecule has 0 fully saturated rings. The van der Waals surface area contributed by atoms with E-state index in [2.05, 4.69) is 47.6 Å². The molecule has 186 valence electrons. The van der Waals surface area contributed by atoms with E-state index in [1.54, 1.807) is 12.1 Å². The molecular weight excluding hydrogens is 511 g/mol. The van der Waals surface area contributed by atoms with Gasteiger partial charge in [-0.2, -0.15) is 0 Å². The van der Waals surface area contributed by atoms with Gasteiger partial charge in [0.05, 0.1) is 16.5 Å². The first-order valence-electron chi connectivity index (χ1n) is 11.8. The molecule has 0 saturated heterocycles. The summed E-state index contributed by atoms with van der Waals surface area (Å²) in [6.07, 6.45) is 1.68. The highest BCUT2D eigenvalue weighted by atomic mass is 35.5. The quantitative estimate of drug-likeness (QED) is 0.233. The number of hydrogen-bond acceptors (Lipinski definition) is 4. The van der Waals surface area contributed by atoms with Crippen LogP contribution < -0.4 is 5.32 Å². The van der Waals surface area contributed by atoms with Crippen molar-refractivity contribution in [2.45, 2.75) is 45.7 Å². The molecule has 0 atom stereocenters. The van der Waals surface area contributed by atoms with Gasteiger partial charge in [-0.15, -0.1) is 10.2 Å². The van der Waals surface area contributed by atoms with Crippen molar-refractivity contribution in [1.82, 2.24) is 14.8 Å². The van der Waals surface area contributed by atoms with Gasteiger partial charge in [0.25, 0.3) is 0 Å². The van der Waals surface area contributed by atoms with Crippen LogP contribution in [-0.4, -0.2) is 26.4 Å². The molecule has 0 unspecified atom stereocenters. The van der Waals surface area contributed by atoms with Gasteiger partial charge in [0, 0.05) is 16.3 Å². The maximum absolute atomic E-state index is 12.9. The molecule has 1 aromatic heterocycles. The van der Waals surface area contributed by atoms with E-state index in [4.69, 9.17) is 23.2 Å². The average Bonchev–Trinajstić information content (AvgIpc) is 3.27. The number of anilines is 1. The topological polar surface area (TPSA) is 59.8 Å². The first kappa shape index (κ1) is 26.3. The van der Waals surface area contributed by atoms with E-state index in [0.29, 0.717) is 21.0 Å². The Bertz CT molecular complexity index is 1390. The lowest BCUT2D eigenvalue weighted by atomic mass is 10.0. The molecule has 5 nitrogen and oxygen atoms in total. The van der Waals surface area contributed by atoms with Gasteiger partial charge in [0.15, 0.2) is 11.0 Å². The number of aryl methyl sites for hydroxylation is 4. The molecule has 0 bridgehead atoms. The summed E-state index contributed by atoms with van der Waals surface area (Å²) in [7, 11) is 0. The number of carbonyl (C=O) groups excluding carboxylic acids is 1. The number of hydrogen-bond donors (Lipinski definition) is 1. The molecule has 0 spiro atoms. The Hall–Kier alpha value is -2.80. The van der Waals surface area contributed by atoms with Crippen LogP contribution in [0.15, 0.2) is 59.8 Å². The minimum atomic E-state index is -0.103. The van der Waals surface area contributed by atoms with Gasteiger partial charge in [-0.3, -0.25) is 9.36 Å². The average molecular weight is 540 g/mol. The third-order valence-electron chi connectivity index (χ3n) is 5.99. The number of rotatable bonds is 8. The Morgan fingerprint density at radius 1 is 0.972 bits per heavy atom. The van der Waals surface area contributed by atoms with Crippen molar-refractivity contribution in [3.8, 4) is 17.1 Å². The van der Waals surface area contributed by atoms with Crippen molar-refractivity contribution in [3.63, 3.8) is 0 Å². The summed E-state index contributed by atoms with van der Waals surface area (Å²) in [6.45, 7) is 8.24. The predicted molar refractivity (Wildman–Crippen MR) is 151 cm³/mol. The summed E-state index contributed by atoms with van der Waals surface area (Å²) < 4.78 is 2.03. The molecule has 1 N–H and O–H groups in total. The predicted octanol–water partition coefficient (Wildman–Crippen LogP) is 7.71. The summed E-state index contributed by atoms with van der Waals surface area (Å²) in [5, 5.41) is 13.7. The minimum Gasteiger partial charge on any atom is -0.325 e. The Balaban J connectivity index is 1.74. The Morgan fingerprint density at radius 3 is 2.36 bits per heavy atom. The van der Waals surface area contributed by atoms with Crippen LogP contribution in [0.5, 0.6) is 0 Å². The molecule has 0 saturated carbocycles. The summed E-state index contributed by atoms with van der Waals surface area (Å²) in [6, 6.07) is 17.7. The van der Waals surface area contributed by atoms with Crippen LogP contribution in [0.25, 0.3) is 17.1 Å². The number of aromatic nitrogens is 3. The van der Waals surface area contributed by atoms with E-state index in [9.17, 15) is 4.79 Å². The van der Waals surface area contributed by atoms with Crippen LogP contribution in [0.3, 0.4) is 0 Å². The fourth-order valence-electron chi connectivity index (χ4n) is 4.10. The van der Waals surface area contributed by atoms with Crippen molar-refractivity contribution in [1.29, 1.82) is 0 Å². The van der Waals surface area contributed by atoms with Crippen LogP contribution in [0, 0.1) is 13.8 Å². The van der Waals surface area contributed by atoms with E-state index in [-0.39, 0.29) is 11.7 Å². The van der Waals surface area contributed by atoms with Gasteiger partial charge in [-0.25, -0.2) is 0 Å². The van der Waals surface area contributed by atoms with Gasteiger partial charge >= 0.3 is 0 Å². The second-order valence-corrected chi connectivity index (χ2v) is 10.3. The maximum atomic E-state index is 12.9. The number of amides is 1. The monoisotopic (exact) mass is 538 g/mol. The SMILES string of the molecule is CCc1cccc(CC)c1-n1c(SCC(=O)Nc2cc(C)ccc2C)nnc1-c1ccc(Cl)cc1Cl. The highest BCUT2D eigenvalue weighted by Crippen LogP contribution is 2.36. The standard InChI is InChI=1S/C28H28Cl2N4OS/c1-5-19-8-7-9-20(6-2)26(19)34-27(22-13-12-21(29)15-23(22)30)32-33-28(34)36-16-25(35)31-24-14-17(3)10-11-18(24)4/h7-15H,5-6,16H2,1-4H3,(H,31,35). The number of para-hydroxylation sites is 1. The van der Waals surface area contributed by atoms with Gasteiger partial charge in [0.1, 0.15) is 0 Å². The molecule has 0 aliphatic heterocycles. The third kappa shape index (κ3) is 5.61.